The smallest absolute Gasteiger partial charge is 0.339 e. The van der Waals surface area contributed by atoms with Gasteiger partial charge in [-0.1, -0.05) is 60.6 Å². The lowest BCUT2D eigenvalue weighted by molar-refractivity contribution is -0.414. The molecule has 0 aromatic heterocycles. The van der Waals surface area contributed by atoms with Crippen LogP contribution < -0.4 is 0 Å². The lowest BCUT2D eigenvalue weighted by Crippen LogP contribution is -2.64. The van der Waals surface area contributed by atoms with Crippen molar-refractivity contribution in [2.75, 3.05) is 13.7 Å². The highest BCUT2D eigenvalue weighted by Crippen LogP contribution is 2.56. The molecule has 3 saturated heterocycles. The van der Waals surface area contributed by atoms with Gasteiger partial charge in [-0.15, -0.1) is 0 Å². The standard InChI is InChI=1S/C43H64O14/c1-12-53-40(51)37-29(44)19-31(54-37)41(10)38(52-11)27(9)43(56-41)30(45)15-16-42(57-43)24(6)18-23(5)36(55-42)26(8)35(48)25(7)33(46)22(4)17-21(3)28-14-13-20(2)34(47)32(28)39(49)50/h13-16,21-27,29-31,33,36-38,44-47H,12,17-19H2,1-11H3,(H,49,50). The summed E-state index contributed by atoms with van der Waals surface area (Å²) in [6.45, 7) is 18.1. The molecule has 17 atom stereocenters. The second-order valence-electron chi connectivity index (χ2n) is 17.5. The van der Waals surface area contributed by atoms with Gasteiger partial charge in [-0.2, -0.15) is 0 Å². The molecule has 0 radical (unpaired) electrons. The van der Waals surface area contributed by atoms with Crippen molar-refractivity contribution < 1.29 is 68.3 Å². The highest BCUT2D eigenvalue weighted by molar-refractivity contribution is 5.93. The molecule has 17 unspecified atom stereocenters. The summed E-state index contributed by atoms with van der Waals surface area (Å²) in [4.78, 5) is 38.9. The Hall–Kier alpha value is -2.95. The van der Waals surface area contributed by atoms with Crippen molar-refractivity contribution in [1.82, 2.24) is 0 Å². The Labute approximate surface area is 335 Å². The van der Waals surface area contributed by atoms with Crippen molar-refractivity contribution >= 4 is 17.7 Å². The van der Waals surface area contributed by atoms with Gasteiger partial charge in [-0.05, 0) is 74.6 Å². The lowest BCUT2D eigenvalue weighted by atomic mass is 9.74. The van der Waals surface area contributed by atoms with Crippen LogP contribution in [0.25, 0.3) is 0 Å². The molecule has 57 heavy (non-hydrogen) atoms. The summed E-state index contributed by atoms with van der Waals surface area (Å²) in [5.74, 6) is -8.73. The van der Waals surface area contributed by atoms with Crippen molar-refractivity contribution in [3.8, 4) is 5.75 Å². The lowest BCUT2D eigenvalue weighted by Gasteiger charge is -2.54. The SMILES string of the molecule is CCOC(=O)C1OC(C2(C)OC3(OC4(C=CC3O)OC(C(C)C(=O)C(C)C(O)C(C)CC(C)c3ccc(C)c(O)c3C(=O)O)C(C)CC4C)C(C)C2OC)CC1O. The molecule has 0 aliphatic carbocycles. The van der Waals surface area contributed by atoms with Gasteiger partial charge in [0.25, 0.3) is 0 Å². The van der Waals surface area contributed by atoms with E-state index in [0.717, 1.165) is 0 Å². The summed E-state index contributed by atoms with van der Waals surface area (Å²) in [5.41, 5.74) is -0.550. The highest BCUT2D eigenvalue weighted by atomic mass is 16.8. The molecular formula is C43H64O14. The molecule has 4 aliphatic rings. The van der Waals surface area contributed by atoms with Crippen molar-refractivity contribution in [2.24, 2.45) is 35.5 Å². The maximum absolute atomic E-state index is 14.2. The van der Waals surface area contributed by atoms with Crippen LogP contribution in [0.5, 0.6) is 5.75 Å². The highest BCUT2D eigenvalue weighted by Gasteiger charge is 2.70. The maximum atomic E-state index is 14.2. The number of methoxy groups -OCH3 is 1. The third kappa shape index (κ3) is 7.93. The molecule has 320 valence electrons. The number of Topliss-reactive ketones (excluding diaryl/α,β-unsaturated/α-hetero) is 1. The number of aromatic hydroxyl groups is 1. The molecule has 2 spiro atoms. The molecule has 0 bridgehead atoms. The number of aromatic carboxylic acids is 1. The van der Waals surface area contributed by atoms with E-state index in [2.05, 4.69) is 0 Å². The van der Waals surface area contributed by atoms with E-state index < -0.39 is 95.5 Å². The fraction of sp³-hybridized carbons (Fsp3) is 0.744. The Morgan fingerprint density at radius 1 is 1.04 bits per heavy atom. The molecule has 14 nitrogen and oxygen atoms in total. The van der Waals surface area contributed by atoms with E-state index in [4.69, 9.17) is 28.4 Å². The van der Waals surface area contributed by atoms with E-state index >= 15 is 0 Å². The Morgan fingerprint density at radius 3 is 2.32 bits per heavy atom. The first kappa shape index (κ1) is 45.1. The summed E-state index contributed by atoms with van der Waals surface area (Å²) in [5, 5.41) is 54.3. The van der Waals surface area contributed by atoms with Crippen LogP contribution in [0.3, 0.4) is 0 Å². The molecule has 14 heteroatoms. The van der Waals surface area contributed by atoms with Crippen LogP contribution in [0.15, 0.2) is 24.3 Å². The van der Waals surface area contributed by atoms with Crippen molar-refractivity contribution in [3.05, 3.63) is 41.0 Å². The first-order valence-corrected chi connectivity index (χ1v) is 20.4. The number of carboxylic acids is 1. The van der Waals surface area contributed by atoms with Crippen LogP contribution in [-0.2, 0) is 38.0 Å². The number of carboxylic acid groups (broad SMARTS) is 1. The van der Waals surface area contributed by atoms with E-state index in [1.165, 1.54) is 7.11 Å². The van der Waals surface area contributed by atoms with E-state index in [1.54, 1.807) is 58.9 Å². The van der Waals surface area contributed by atoms with Crippen LogP contribution >= 0.6 is 0 Å². The monoisotopic (exact) mass is 804 g/mol. The van der Waals surface area contributed by atoms with Gasteiger partial charge in [0, 0.05) is 37.2 Å². The number of carbonyl (C=O) groups excluding carboxylic acids is 2. The number of rotatable bonds is 13. The van der Waals surface area contributed by atoms with Crippen LogP contribution in [0.4, 0.5) is 0 Å². The van der Waals surface area contributed by atoms with Crippen LogP contribution in [-0.4, -0.2) is 117 Å². The molecule has 1 aromatic rings. The minimum Gasteiger partial charge on any atom is -0.507 e. The Balaban J connectivity index is 1.34. The van der Waals surface area contributed by atoms with E-state index in [-0.39, 0.29) is 47.9 Å². The zero-order valence-corrected chi connectivity index (χ0v) is 35.1. The van der Waals surface area contributed by atoms with Gasteiger partial charge in [-0.3, -0.25) is 4.79 Å². The average molecular weight is 805 g/mol. The molecule has 1 aromatic carbocycles. The third-order valence-corrected chi connectivity index (χ3v) is 13.5. The van der Waals surface area contributed by atoms with Gasteiger partial charge in [0.2, 0.25) is 5.79 Å². The number of aliphatic hydroxyl groups excluding tert-OH is 3. The Kier molecular flexibility index (Phi) is 13.4. The summed E-state index contributed by atoms with van der Waals surface area (Å²) in [7, 11) is 1.51. The quantitative estimate of drug-likeness (QED) is 0.136. The Bertz CT molecular complexity index is 1680. The number of esters is 1. The topological polar surface area (TPSA) is 208 Å². The molecule has 5 rings (SSSR count). The van der Waals surface area contributed by atoms with Crippen molar-refractivity contribution in [2.45, 2.75) is 154 Å². The predicted octanol–water partition coefficient (Wildman–Crippen LogP) is 4.65. The number of ketones is 1. The van der Waals surface area contributed by atoms with E-state index in [9.17, 15) is 39.9 Å². The normalized spacial score (nSPS) is 39.2. The molecule has 0 saturated carbocycles. The molecule has 3 fully saturated rings. The average Bonchev–Trinajstić information content (AvgIpc) is 3.66. The largest absolute Gasteiger partial charge is 0.507 e. The van der Waals surface area contributed by atoms with Crippen LogP contribution in [0.2, 0.25) is 0 Å². The summed E-state index contributed by atoms with van der Waals surface area (Å²) in [6.07, 6.45) is -2.62. The zero-order valence-electron chi connectivity index (χ0n) is 35.1. The minimum absolute atomic E-state index is 0.0479. The number of benzene rings is 1. The van der Waals surface area contributed by atoms with Gasteiger partial charge in [0.05, 0.1) is 37.1 Å². The number of hydrogen-bond donors (Lipinski definition) is 5. The first-order valence-electron chi connectivity index (χ1n) is 20.4. The van der Waals surface area contributed by atoms with E-state index in [1.807, 2.05) is 34.6 Å². The van der Waals surface area contributed by atoms with Gasteiger partial charge in [0.15, 0.2) is 11.9 Å². The third-order valence-electron chi connectivity index (χ3n) is 13.5. The number of ether oxygens (including phenoxy) is 6. The second-order valence-corrected chi connectivity index (χ2v) is 17.5. The molecular weight excluding hydrogens is 740 g/mol. The Morgan fingerprint density at radius 2 is 1.70 bits per heavy atom. The molecule has 0 amide bonds. The van der Waals surface area contributed by atoms with Gasteiger partial charge in [-0.25, -0.2) is 9.59 Å². The minimum atomic E-state index is -1.71. The van der Waals surface area contributed by atoms with Gasteiger partial charge in [0.1, 0.15) is 28.8 Å². The molecule has 4 aliphatic heterocycles. The maximum Gasteiger partial charge on any atom is 0.339 e. The van der Waals surface area contributed by atoms with E-state index in [0.29, 0.717) is 24.0 Å². The fourth-order valence-electron chi connectivity index (χ4n) is 10.1. The summed E-state index contributed by atoms with van der Waals surface area (Å²) >= 11 is 0. The van der Waals surface area contributed by atoms with Crippen molar-refractivity contribution in [1.29, 1.82) is 0 Å². The second kappa shape index (κ2) is 17.0. The fourth-order valence-corrected chi connectivity index (χ4v) is 10.1. The summed E-state index contributed by atoms with van der Waals surface area (Å²) < 4.78 is 37.8. The number of carbonyl (C=O) groups is 3. The van der Waals surface area contributed by atoms with Gasteiger partial charge < -0.3 is 54.0 Å². The molecule has 4 heterocycles. The van der Waals surface area contributed by atoms with Crippen LogP contribution in [0.1, 0.15) is 109 Å². The number of aliphatic hydroxyl groups is 3. The predicted molar refractivity (Wildman–Crippen MR) is 206 cm³/mol. The number of aryl methyl sites for hydroxylation is 1. The zero-order chi connectivity index (χ0) is 42.5. The number of hydrogen-bond acceptors (Lipinski definition) is 13. The number of phenols is 1. The first-order chi connectivity index (χ1) is 26.6. The van der Waals surface area contributed by atoms with Gasteiger partial charge >= 0.3 is 11.9 Å². The molecule has 5 N–H and O–H groups in total. The summed E-state index contributed by atoms with van der Waals surface area (Å²) in [6, 6.07) is 3.35. The van der Waals surface area contributed by atoms with Crippen molar-refractivity contribution in [3.63, 3.8) is 0 Å². The van der Waals surface area contributed by atoms with Crippen LogP contribution in [0, 0.1) is 42.4 Å².